The van der Waals surface area contributed by atoms with Gasteiger partial charge in [0.2, 0.25) is 0 Å². The molecule has 8 heteroatoms. The van der Waals surface area contributed by atoms with Crippen molar-refractivity contribution in [1.29, 1.82) is 0 Å². The van der Waals surface area contributed by atoms with Crippen LogP contribution in [0.5, 0.6) is 0 Å². The lowest BCUT2D eigenvalue weighted by Crippen LogP contribution is -2.49. The molecule has 2 amide bonds. The predicted molar refractivity (Wildman–Crippen MR) is 86.3 cm³/mol. The first-order chi connectivity index (χ1) is 11.8. The molecule has 2 atom stereocenters. The second-order valence-electron chi connectivity index (χ2n) is 5.91. The van der Waals surface area contributed by atoms with Crippen molar-refractivity contribution in [3.63, 3.8) is 0 Å². The number of carbonyl (C=O) groups is 3. The molecule has 0 spiro atoms. The molecule has 1 aliphatic heterocycles. The highest BCUT2D eigenvalue weighted by Gasteiger charge is 2.26. The Labute approximate surface area is 145 Å². The summed E-state index contributed by atoms with van der Waals surface area (Å²) < 4.78 is 23.5. The van der Waals surface area contributed by atoms with Crippen molar-refractivity contribution in [2.45, 2.75) is 26.1 Å². The summed E-state index contributed by atoms with van der Waals surface area (Å²) in [5.74, 6) is -2.20. The van der Waals surface area contributed by atoms with E-state index in [1.54, 1.807) is 4.90 Å². The SMILES string of the molecule is C[C@@H]1CN(C(=O)COC(=O)CNC(=O)c2cccc(F)c2)C[C@H](C)O1. The van der Waals surface area contributed by atoms with E-state index >= 15 is 0 Å². The van der Waals surface area contributed by atoms with Gasteiger partial charge in [0.15, 0.2) is 6.61 Å². The Bertz CT molecular complexity index is 642. The highest BCUT2D eigenvalue weighted by molar-refractivity contribution is 5.96. The maximum absolute atomic E-state index is 13.0. The number of nitrogens with one attached hydrogen (secondary N) is 1. The van der Waals surface area contributed by atoms with Crippen LogP contribution in [0.1, 0.15) is 24.2 Å². The number of carbonyl (C=O) groups excluding carboxylic acids is 3. The van der Waals surface area contributed by atoms with Crippen LogP contribution in [-0.2, 0) is 19.1 Å². The first-order valence-corrected chi connectivity index (χ1v) is 7.97. The normalized spacial score (nSPS) is 20.0. The zero-order valence-corrected chi connectivity index (χ0v) is 14.2. The number of hydrogen-bond donors (Lipinski definition) is 1. The number of ether oxygens (including phenoxy) is 2. The van der Waals surface area contributed by atoms with Crippen LogP contribution in [0, 0.1) is 5.82 Å². The standard InChI is InChI=1S/C17H21FN2O5/c1-11-8-20(9-12(2)25-11)15(21)10-24-16(22)7-19-17(23)13-4-3-5-14(18)6-13/h3-6,11-12H,7-10H2,1-2H3,(H,19,23)/t11-,12+. The van der Waals surface area contributed by atoms with Crippen molar-refractivity contribution in [3.05, 3.63) is 35.6 Å². The maximum atomic E-state index is 13.0. The molecule has 2 rings (SSSR count). The largest absolute Gasteiger partial charge is 0.454 e. The first-order valence-electron chi connectivity index (χ1n) is 7.97. The molecule has 7 nitrogen and oxygen atoms in total. The van der Waals surface area contributed by atoms with Gasteiger partial charge in [-0.1, -0.05) is 6.07 Å². The molecule has 136 valence electrons. The zero-order valence-electron chi connectivity index (χ0n) is 14.2. The van der Waals surface area contributed by atoms with Crippen LogP contribution in [0.3, 0.4) is 0 Å². The van der Waals surface area contributed by atoms with Gasteiger partial charge in [-0.05, 0) is 32.0 Å². The fourth-order valence-corrected chi connectivity index (χ4v) is 2.55. The van der Waals surface area contributed by atoms with E-state index in [9.17, 15) is 18.8 Å². The average molecular weight is 352 g/mol. The summed E-state index contributed by atoms with van der Waals surface area (Å²) in [4.78, 5) is 37.1. The van der Waals surface area contributed by atoms with Gasteiger partial charge in [-0.15, -0.1) is 0 Å². The van der Waals surface area contributed by atoms with Crippen molar-refractivity contribution in [2.75, 3.05) is 26.2 Å². The zero-order chi connectivity index (χ0) is 18.4. The van der Waals surface area contributed by atoms with Crippen molar-refractivity contribution >= 4 is 17.8 Å². The minimum atomic E-state index is -0.743. The summed E-state index contributed by atoms with van der Waals surface area (Å²) in [6, 6.07) is 5.09. The molecule has 1 aliphatic rings. The Hall–Kier alpha value is -2.48. The number of hydrogen-bond acceptors (Lipinski definition) is 5. The molecule has 0 radical (unpaired) electrons. The summed E-state index contributed by atoms with van der Waals surface area (Å²) in [6.07, 6.45) is -0.150. The number of benzene rings is 1. The summed E-state index contributed by atoms with van der Waals surface area (Å²) in [6.45, 7) is 3.81. The van der Waals surface area contributed by atoms with E-state index in [0.29, 0.717) is 13.1 Å². The number of nitrogens with zero attached hydrogens (tertiary/aromatic N) is 1. The second-order valence-corrected chi connectivity index (χ2v) is 5.91. The van der Waals surface area contributed by atoms with E-state index in [2.05, 4.69) is 5.32 Å². The third kappa shape index (κ3) is 5.82. The van der Waals surface area contributed by atoms with Gasteiger partial charge in [0.1, 0.15) is 12.4 Å². The molecule has 1 aromatic carbocycles. The first kappa shape index (κ1) is 18.9. The number of esters is 1. The van der Waals surface area contributed by atoms with E-state index in [0.717, 1.165) is 6.07 Å². The van der Waals surface area contributed by atoms with Crippen LogP contribution in [0.2, 0.25) is 0 Å². The third-order valence-electron chi connectivity index (χ3n) is 3.61. The van der Waals surface area contributed by atoms with Gasteiger partial charge in [-0.2, -0.15) is 0 Å². The Kier molecular flexibility index (Phi) is 6.46. The molecular formula is C17H21FN2O5. The van der Waals surface area contributed by atoms with Crippen molar-refractivity contribution in [2.24, 2.45) is 0 Å². The Morgan fingerprint density at radius 1 is 1.28 bits per heavy atom. The highest BCUT2D eigenvalue weighted by atomic mass is 19.1. The van der Waals surface area contributed by atoms with E-state index < -0.39 is 30.8 Å². The summed E-state index contributed by atoms with van der Waals surface area (Å²) >= 11 is 0. The van der Waals surface area contributed by atoms with Crippen LogP contribution < -0.4 is 5.32 Å². The molecule has 0 bridgehead atoms. The molecule has 1 saturated heterocycles. The minimum absolute atomic E-state index is 0.0750. The van der Waals surface area contributed by atoms with Crippen LogP contribution in [0.4, 0.5) is 4.39 Å². The summed E-state index contributed by atoms with van der Waals surface area (Å²) in [7, 11) is 0. The maximum Gasteiger partial charge on any atom is 0.325 e. The number of amides is 2. The minimum Gasteiger partial charge on any atom is -0.454 e. The lowest BCUT2D eigenvalue weighted by Gasteiger charge is -2.35. The van der Waals surface area contributed by atoms with E-state index in [1.165, 1.54) is 18.2 Å². The van der Waals surface area contributed by atoms with Crippen LogP contribution in [-0.4, -0.2) is 61.1 Å². The van der Waals surface area contributed by atoms with Crippen LogP contribution >= 0.6 is 0 Å². The molecule has 0 saturated carbocycles. The van der Waals surface area contributed by atoms with Gasteiger partial charge in [0.25, 0.3) is 11.8 Å². The van der Waals surface area contributed by atoms with Crippen molar-refractivity contribution < 1.29 is 28.2 Å². The fraction of sp³-hybridized carbons (Fsp3) is 0.471. The monoisotopic (exact) mass is 352 g/mol. The predicted octanol–water partition coefficient (Wildman–Crippen LogP) is 0.735. The van der Waals surface area contributed by atoms with Gasteiger partial charge < -0.3 is 19.7 Å². The number of halogens is 1. The number of rotatable bonds is 5. The Morgan fingerprint density at radius 2 is 1.96 bits per heavy atom. The fourth-order valence-electron chi connectivity index (χ4n) is 2.55. The molecule has 0 aromatic heterocycles. The molecule has 25 heavy (non-hydrogen) atoms. The number of morpholine rings is 1. The van der Waals surface area contributed by atoms with E-state index in [1.807, 2.05) is 13.8 Å². The van der Waals surface area contributed by atoms with E-state index in [-0.39, 0.29) is 23.7 Å². The smallest absolute Gasteiger partial charge is 0.325 e. The van der Waals surface area contributed by atoms with Gasteiger partial charge in [-0.3, -0.25) is 14.4 Å². The Balaban J connectivity index is 1.73. The van der Waals surface area contributed by atoms with Gasteiger partial charge in [0.05, 0.1) is 12.2 Å². The highest BCUT2D eigenvalue weighted by Crippen LogP contribution is 2.10. The van der Waals surface area contributed by atoms with Crippen LogP contribution in [0.25, 0.3) is 0 Å². The topological polar surface area (TPSA) is 84.9 Å². The van der Waals surface area contributed by atoms with Gasteiger partial charge >= 0.3 is 5.97 Å². The molecule has 0 unspecified atom stereocenters. The average Bonchev–Trinajstić information content (AvgIpc) is 2.56. The van der Waals surface area contributed by atoms with Gasteiger partial charge in [-0.25, -0.2) is 4.39 Å². The van der Waals surface area contributed by atoms with Crippen LogP contribution in [0.15, 0.2) is 24.3 Å². The lowest BCUT2D eigenvalue weighted by molar-refractivity contribution is -0.156. The van der Waals surface area contributed by atoms with Crippen molar-refractivity contribution in [1.82, 2.24) is 10.2 Å². The summed E-state index contributed by atoms with van der Waals surface area (Å²) in [5, 5.41) is 2.32. The summed E-state index contributed by atoms with van der Waals surface area (Å²) in [5.41, 5.74) is 0.0974. The molecule has 0 aliphatic carbocycles. The Morgan fingerprint density at radius 3 is 2.60 bits per heavy atom. The van der Waals surface area contributed by atoms with Gasteiger partial charge in [0, 0.05) is 18.7 Å². The van der Waals surface area contributed by atoms with Crippen molar-refractivity contribution in [3.8, 4) is 0 Å². The molecule has 1 aromatic rings. The molecule has 1 N–H and O–H groups in total. The second kappa shape index (κ2) is 8.57. The van der Waals surface area contributed by atoms with E-state index in [4.69, 9.17) is 9.47 Å². The lowest BCUT2D eigenvalue weighted by atomic mass is 10.2. The molecule has 1 heterocycles. The molecular weight excluding hydrogens is 331 g/mol. The molecule has 1 fully saturated rings. The quantitative estimate of drug-likeness (QED) is 0.790. The third-order valence-corrected chi connectivity index (χ3v) is 3.61.